The van der Waals surface area contributed by atoms with E-state index in [0.29, 0.717) is 26.1 Å². The predicted octanol–water partition coefficient (Wildman–Crippen LogP) is 4.39. The zero-order chi connectivity index (χ0) is 19.1. The van der Waals surface area contributed by atoms with E-state index in [-0.39, 0.29) is 17.7 Å². The molecule has 1 fully saturated rings. The number of rotatable bonds is 7. The fourth-order valence-electron chi connectivity index (χ4n) is 3.38. The number of carbonyl (C=O) groups is 2. The minimum absolute atomic E-state index is 0.0150. The molecule has 144 valence electrons. The molecule has 4 nitrogen and oxygen atoms in total. The Morgan fingerprint density at radius 3 is 2.52 bits per heavy atom. The molecule has 2 aromatic rings. The van der Waals surface area contributed by atoms with Crippen LogP contribution < -0.4 is 5.32 Å². The van der Waals surface area contributed by atoms with E-state index in [0.717, 1.165) is 35.0 Å². The molecule has 1 aliphatic heterocycles. The largest absolute Gasteiger partial charge is 0.352 e. The molecule has 0 atom stereocenters. The van der Waals surface area contributed by atoms with Crippen molar-refractivity contribution in [3.63, 3.8) is 0 Å². The average Bonchev–Trinajstić information content (AvgIpc) is 3.12. The van der Waals surface area contributed by atoms with Crippen molar-refractivity contribution in [3.05, 3.63) is 56.7 Å². The maximum absolute atomic E-state index is 12.4. The van der Waals surface area contributed by atoms with Gasteiger partial charge in [0.05, 0.1) is 3.79 Å². The van der Waals surface area contributed by atoms with Crippen LogP contribution in [0.1, 0.15) is 36.1 Å². The Balaban J connectivity index is 1.35. The van der Waals surface area contributed by atoms with Gasteiger partial charge in [0.15, 0.2) is 0 Å². The molecule has 0 radical (unpaired) electrons. The minimum atomic E-state index is 0.0150. The van der Waals surface area contributed by atoms with Gasteiger partial charge in [-0.05, 0) is 59.3 Å². The summed E-state index contributed by atoms with van der Waals surface area (Å²) in [5, 5.41) is 3.02. The van der Waals surface area contributed by atoms with Crippen molar-refractivity contribution in [2.75, 3.05) is 13.1 Å². The first-order valence-corrected chi connectivity index (χ1v) is 11.1. The maximum Gasteiger partial charge on any atom is 0.223 e. The number of benzene rings is 1. The number of hydrogen-bond acceptors (Lipinski definition) is 3. The van der Waals surface area contributed by atoms with Gasteiger partial charge in [0, 0.05) is 36.9 Å². The summed E-state index contributed by atoms with van der Waals surface area (Å²) in [6.07, 6.45) is 3.92. The zero-order valence-corrected chi connectivity index (χ0v) is 17.7. The van der Waals surface area contributed by atoms with Crippen LogP contribution in [0.4, 0.5) is 0 Å². The normalized spacial score (nSPS) is 14.9. The molecular formula is C21H25BrN2O2S. The van der Waals surface area contributed by atoms with Gasteiger partial charge >= 0.3 is 0 Å². The molecule has 1 saturated heterocycles. The lowest BCUT2D eigenvalue weighted by molar-refractivity contribution is -0.135. The molecule has 27 heavy (non-hydrogen) atoms. The van der Waals surface area contributed by atoms with Crippen LogP contribution in [0.5, 0.6) is 0 Å². The van der Waals surface area contributed by atoms with Crippen molar-refractivity contribution in [2.24, 2.45) is 5.92 Å². The van der Waals surface area contributed by atoms with Crippen molar-refractivity contribution in [1.29, 1.82) is 0 Å². The smallest absolute Gasteiger partial charge is 0.223 e. The van der Waals surface area contributed by atoms with Crippen LogP contribution in [-0.2, 0) is 22.6 Å². The highest BCUT2D eigenvalue weighted by Gasteiger charge is 2.26. The predicted molar refractivity (Wildman–Crippen MR) is 113 cm³/mol. The van der Waals surface area contributed by atoms with Crippen molar-refractivity contribution in [3.8, 4) is 0 Å². The molecular weight excluding hydrogens is 424 g/mol. The third-order valence-electron chi connectivity index (χ3n) is 4.97. The average molecular weight is 449 g/mol. The lowest BCUT2D eigenvalue weighted by Gasteiger charge is -2.31. The fraction of sp³-hybridized carbons (Fsp3) is 0.429. The Morgan fingerprint density at radius 1 is 1.11 bits per heavy atom. The van der Waals surface area contributed by atoms with E-state index in [9.17, 15) is 9.59 Å². The summed E-state index contributed by atoms with van der Waals surface area (Å²) in [6.45, 7) is 1.94. The van der Waals surface area contributed by atoms with E-state index in [2.05, 4.69) is 33.4 Å². The van der Waals surface area contributed by atoms with Crippen LogP contribution in [0.2, 0.25) is 0 Å². The van der Waals surface area contributed by atoms with Crippen LogP contribution in [0.25, 0.3) is 0 Å². The molecule has 3 rings (SSSR count). The Kier molecular flexibility index (Phi) is 7.47. The second-order valence-electron chi connectivity index (χ2n) is 6.92. The number of thiophene rings is 1. The Morgan fingerprint density at radius 2 is 1.85 bits per heavy atom. The number of aryl methyl sites for hydroxylation is 1. The molecule has 6 heteroatoms. The fourth-order valence-corrected chi connectivity index (χ4v) is 4.90. The third-order valence-corrected chi connectivity index (χ3v) is 6.65. The van der Waals surface area contributed by atoms with Gasteiger partial charge in [0.25, 0.3) is 0 Å². The zero-order valence-electron chi connectivity index (χ0n) is 15.3. The number of piperidine rings is 1. The molecule has 1 N–H and O–H groups in total. The second kappa shape index (κ2) is 10.0. The van der Waals surface area contributed by atoms with Gasteiger partial charge in [-0.2, -0.15) is 0 Å². The third kappa shape index (κ3) is 6.18. The highest BCUT2D eigenvalue weighted by Crippen LogP contribution is 2.24. The molecule has 0 spiro atoms. The monoisotopic (exact) mass is 448 g/mol. The van der Waals surface area contributed by atoms with Crippen molar-refractivity contribution in [2.45, 2.75) is 38.6 Å². The van der Waals surface area contributed by atoms with Gasteiger partial charge in [0.1, 0.15) is 0 Å². The maximum atomic E-state index is 12.4. The summed E-state index contributed by atoms with van der Waals surface area (Å²) in [5.74, 6) is 0.337. The number of nitrogens with zero attached hydrogens (tertiary/aromatic N) is 1. The number of hydrogen-bond donors (Lipinski definition) is 1. The van der Waals surface area contributed by atoms with Crippen LogP contribution in [0, 0.1) is 5.92 Å². The Hall–Kier alpha value is -1.66. The second-order valence-corrected chi connectivity index (χ2v) is 9.47. The summed E-state index contributed by atoms with van der Waals surface area (Å²) in [5.41, 5.74) is 1.11. The highest BCUT2D eigenvalue weighted by molar-refractivity contribution is 9.11. The van der Waals surface area contributed by atoms with Gasteiger partial charge in [-0.25, -0.2) is 0 Å². The first kappa shape index (κ1) is 20.1. The number of amides is 2. The standard InChI is InChI=1S/C21H25BrN2O2S/c22-19-10-9-18(27-19)7-4-8-20(25)24-13-11-17(12-14-24)21(26)23-15-16-5-2-1-3-6-16/h1-3,5-6,9-10,17H,4,7-8,11-15H2,(H,23,26). The Bertz CT molecular complexity index is 755. The molecule has 1 aromatic carbocycles. The molecule has 2 amide bonds. The van der Waals surface area contributed by atoms with Gasteiger partial charge in [0.2, 0.25) is 11.8 Å². The number of halogens is 1. The van der Waals surface area contributed by atoms with E-state index < -0.39 is 0 Å². The molecule has 1 aliphatic rings. The van der Waals surface area contributed by atoms with E-state index in [4.69, 9.17) is 0 Å². The lowest BCUT2D eigenvalue weighted by Crippen LogP contribution is -2.42. The molecule has 0 unspecified atom stereocenters. The first-order valence-electron chi connectivity index (χ1n) is 9.45. The first-order chi connectivity index (χ1) is 13.1. The molecule has 0 bridgehead atoms. The number of nitrogens with one attached hydrogen (secondary N) is 1. The summed E-state index contributed by atoms with van der Waals surface area (Å²) in [4.78, 5) is 28.0. The minimum Gasteiger partial charge on any atom is -0.352 e. The molecule has 2 heterocycles. The van der Waals surface area contributed by atoms with Gasteiger partial charge in [-0.1, -0.05) is 30.3 Å². The number of likely N-dealkylation sites (tertiary alicyclic amines) is 1. The molecule has 0 aliphatic carbocycles. The van der Waals surface area contributed by atoms with Crippen LogP contribution in [-0.4, -0.2) is 29.8 Å². The van der Waals surface area contributed by atoms with Gasteiger partial charge < -0.3 is 10.2 Å². The molecule has 1 aromatic heterocycles. The summed E-state index contributed by atoms with van der Waals surface area (Å²) < 4.78 is 1.14. The quantitative estimate of drug-likeness (QED) is 0.682. The van der Waals surface area contributed by atoms with Crippen molar-refractivity contribution >= 4 is 39.1 Å². The van der Waals surface area contributed by atoms with Gasteiger partial charge in [-0.15, -0.1) is 11.3 Å². The number of carbonyl (C=O) groups excluding carboxylic acids is 2. The Labute approximate surface area is 173 Å². The summed E-state index contributed by atoms with van der Waals surface area (Å²) in [6, 6.07) is 14.1. The van der Waals surface area contributed by atoms with E-state index in [1.807, 2.05) is 35.2 Å². The van der Waals surface area contributed by atoms with E-state index in [1.165, 1.54) is 4.88 Å². The van der Waals surface area contributed by atoms with Crippen LogP contribution in [0.15, 0.2) is 46.3 Å². The van der Waals surface area contributed by atoms with Crippen molar-refractivity contribution < 1.29 is 9.59 Å². The topological polar surface area (TPSA) is 49.4 Å². The van der Waals surface area contributed by atoms with Crippen molar-refractivity contribution in [1.82, 2.24) is 10.2 Å². The summed E-state index contributed by atoms with van der Waals surface area (Å²) in [7, 11) is 0. The van der Waals surface area contributed by atoms with Crippen LogP contribution in [0.3, 0.4) is 0 Å². The van der Waals surface area contributed by atoms with E-state index in [1.54, 1.807) is 11.3 Å². The van der Waals surface area contributed by atoms with Gasteiger partial charge in [-0.3, -0.25) is 9.59 Å². The van der Waals surface area contributed by atoms with E-state index >= 15 is 0 Å². The van der Waals surface area contributed by atoms with Crippen LogP contribution >= 0.6 is 27.3 Å². The highest BCUT2D eigenvalue weighted by atomic mass is 79.9. The summed E-state index contributed by atoms with van der Waals surface area (Å²) >= 11 is 5.20. The lowest BCUT2D eigenvalue weighted by atomic mass is 9.95. The molecule has 0 saturated carbocycles. The SMILES string of the molecule is O=C(NCc1ccccc1)C1CCN(C(=O)CCCc2ccc(Br)s2)CC1.